The summed E-state index contributed by atoms with van der Waals surface area (Å²) in [5.41, 5.74) is 5.07. The first-order chi connectivity index (χ1) is 12.4. The minimum Gasteiger partial charge on any atom is -0.474 e. The fourth-order valence-corrected chi connectivity index (χ4v) is 2.84. The molecule has 1 saturated carbocycles. The number of anilines is 1. The van der Waals surface area contributed by atoms with E-state index in [1.807, 2.05) is 6.92 Å². The fraction of sp³-hybridized carbons (Fsp3) is 0.556. The molecule has 8 heteroatoms. The minimum atomic E-state index is -0.770. The highest BCUT2D eigenvalue weighted by atomic mass is 16.5. The second kappa shape index (κ2) is 8.75. The number of nitrogens with zero attached hydrogens (tertiary/aromatic N) is 1. The molecule has 8 nitrogen and oxygen atoms in total. The molecule has 0 radical (unpaired) electrons. The van der Waals surface area contributed by atoms with Crippen molar-refractivity contribution in [2.75, 3.05) is 18.5 Å². The van der Waals surface area contributed by atoms with Crippen LogP contribution in [0.1, 0.15) is 39.5 Å². The molecule has 1 aromatic heterocycles. The molecule has 0 aliphatic heterocycles. The van der Waals surface area contributed by atoms with E-state index in [0.29, 0.717) is 31.0 Å². The van der Waals surface area contributed by atoms with Crippen molar-refractivity contribution in [1.29, 1.82) is 0 Å². The number of nitrogens with two attached hydrogens (primary N) is 1. The fourth-order valence-electron chi connectivity index (χ4n) is 2.84. The van der Waals surface area contributed by atoms with Gasteiger partial charge in [-0.1, -0.05) is 0 Å². The number of carbonyl (C=O) groups excluding carboxylic acids is 3. The molecular formula is C18H25N3O5. The molecule has 2 rings (SSSR count). The van der Waals surface area contributed by atoms with Crippen LogP contribution in [0.15, 0.2) is 18.3 Å². The number of hydrogen-bond donors (Lipinski definition) is 2. The topological polar surface area (TPSA) is 121 Å². The van der Waals surface area contributed by atoms with Gasteiger partial charge in [-0.05, 0) is 45.6 Å². The van der Waals surface area contributed by atoms with Crippen LogP contribution in [-0.4, -0.2) is 41.9 Å². The molecule has 3 N–H and O–H groups in total. The Hall–Kier alpha value is -2.48. The highest BCUT2D eigenvalue weighted by Crippen LogP contribution is 2.38. The lowest BCUT2D eigenvalue weighted by atomic mass is 9.75. The average molecular weight is 363 g/mol. The van der Waals surface area contributed by atoms with Gasteiger partial charge in [0.25, 0.3) is 5.91 Å². The van der Waals surface area contributed by atoms with Crippen LogP contribution in [-0.2, 0) is 19.1 Å². The van der Waals surface area contributed by atoms with E-state index in [2.05, 4.69) is 10.3 Å². The zero-order chi connectivity index (χ0) is 19.2. The van der Waals surface area contributed by atoms with Gasteiger partial charge in [0.1, 0.15) is 6.10 Å². The van der Waals surface area contributed by atoms with Gasteiger partial charge in [0.05, 0.1) is 30.5 Å². The normalized spacial score (nSPS) is 22.3. The smallest absolute Gasteiger partial charge is 0.311 e. The number of aromatic nitrogens is 1. The summed E-state index contributed by atoms with van der Waals surface area (Å²) in [4.78, 5) is 38.8. The van der Waals surface area contributed by atoms with E-state index >= 15 is 0 Å². The Bertz CT molecular complexity index is 651. The van der Waals surface area contributed by atoms with Gasteiger partial charge in [-0.15, -0.1) is 0 Å². The summed E-state index contributed by atoms with van der Waals surface area (Å²) in [7, 11) is 0. The van der Waals surface area contributed by atoms with Crippen LogP contribution in [0, 0.1) is 5.41 Å². The van der Waals surface area contributed by atoms with Gasteiger partial charge in [-0.2, -0.15) is 0 Å². The lowest BCUT2D eigenvalue weighted by Gasteiger charge is -2.34. The molecule has 1 aliphatic rings. The highest BCUT2D eigenvalue weighted by molar-refractivity contribution is 6.41. The summed E-state index contributed by atoms with van der Waals surface area (Å²) < 4.78 is 11.0. The van der Waals surface area contributed by atoms with E-state index in [-0.39, 0.29) is 18.6 Å². The number of amides is 1. The predicted molar refractivity (Wildman–Crippen MR) is 94.6 cm³/mol. The van der Waals surface area contributed by atoms with E-state index in [0.717, 1.165) is 12.8 Å². The third kappa shape index (κ3) is 5.01. The van der Waals surface area contributed by atoms with Crippen molar-refractivity contribution in [1.82, 2.24) is 4.98 Å². The molecule has 0 unspecified atom stereocenters. The number of pyridine rings is 1. The molecule has 0 aromatic carbocycles. The summed E-state index contributed by atoms with van der Waals surface area (Å²) in [6, 6.07) is 3.23. The average Bonchev–Trinajstić information content (AvgIpc) is 2.64. The zero-order valence-electron chi connectivity index (χ0n) is 15.1. The standard InChI is InChI=1S/C18H25N3O5/c1-3-25-17(24)18(2)8-6-13(7-9-18)26-15-5-4-12(11-20-15)21-16(23)14(22)10-19/h4-5,11,13H,3,6-10,19H2,1-2H3,(H,21,23). The summed E-state index contributed by atoms with van der Waals surface area (Å²) in [6.45, 7) is 3.78. The van der Waals surface area contributed by atoms with E-state index in [4.69, 9.17) is 15.2 Å². The predicted octanol–water partition coefficient (Wildman–Crippen LogP) is 1.44. The molecule has 1 aromatic rings. The highest BCUT2D eigenvalue weighted by Gasteiger charge is 2.39. The minimum absolute atomic E-state index is 0.0238. The number of ether oxygens (including phenoxy) is 2. The number of carbonyl (C=O) groups is 3. The van der Waals surface area contributed by atoms with Crippen LogP contribution in [0.5, 0.6) is 5.88 Å². The number of ketones is 1. The van der Waals surface area contributed by atoms with Crippen LogP contribution in [0.25, 0.3) is 0 Å². The number of rotatable bonds is 7. The Kier molecular flexibility index (Phi) is 6.68. The monoisotopic (exact) mass is 363 g/mol. The molecule has 26 heavy (non-hydrogen) atoms. The Labute approximate surface area is 152 Å². The van der Waals surface area contributed by atoms with Gasteiger partial charge >= 0.3 is 5.97 Å². The molecule has 0 spiro atoms. The second-order valence-corrected chi connectivity index (χ2v) is 6.56. The maximum Gasteiger partial charge on any atom is 0.311 e. The van der Waals surface area contributed by atoms with Crippen LogP contribution in [0.4, 0.5) is 5.69 Å². The van der Waals surface area contributed by atoms with Crippen molar-refractivity contribution in [3.8, 4) is 5.88 Å². The molecule has 1 fully saturated rings. The van der Waals surface area contributed by atoms with E-state index in [1.54, 1.807) is 19.1 Å². The third-order valence-electron chi connectivity index (χ3n) is 4.52. The van der Waals surface area contributed by atoms with Crippen molar-refractivity contribution in [3.63, 3.8) is 0 Å². The van der Waals surface area contributed by atoms with Crippen molar-refractivity contribution < 1.29 is 23.9 Å². The van der Waals surface area contributed by atoms with Gasteiger partial charge in [0, 0.05) is 6.07 Å². The van der Waals surface area contributed by atoms with Crippen molar-refractivity contribution in [2.24, 2.45) is 11.1 Å². The van der Waals surface area contributed by atoms with E-state index in [9.17, 15) is 14.4 Å². The van der Waals surface area contributed by atoms with Crippen molar-refractivity contribution in [3.05, 3.63) is 18.3 Å². The van der Waals surface area contributed by atoms with Crippen LogP contribution in [0.2, 0.25) is 0 Å². The summed E-state index contributed by atoms with van der Waals surface area (Å²) in [5, 5.41) is 2.42. The molecule has 1 heterocycles. The molecule has 1 aliphatic carbocycles. The van der Waals surface area contributed by atoms with Crippen LogP contribution >= 0.6 is 0 Å². The second-order valence-electron chi connectivity index (χ2n) is 6.56. The first-order valence-electron chi connectivity index (χ1n) is 8.72. The van der Waals surface area contributed by atoms with Gasteiger partial charge in [0.2, 0.25) is 11.7 Å². The largest absolute Gasteiger partial charge is 0.474 e. The molecular weight excluding hydrogens is 338 g/mol. The number of esters is 1. The summed E-state index contributed by atoms with van der Waals surface area (Å²) >= 11 is 0. The molecule has 0 bridgehead atoms. The Morgan fingerprint density at radius 2 is 2.00 bits per heavy atom. The van der Waals surface area contributed by atoms with Gasteiger partial charge in [-0.25, -0.2) is 4.98 Å². The molecule has 1 amide bonds. The quantitative estimate of drug-likeness (QED) is 0.555. The van der Waals surface area contributed by atoms with E-state index < -0.39 is 17.1 Å². The van der Waals surface area contributed by atoms with Crippen molar-refractivity contribution in [2.45, 2.75) is 45.6 Å². The lowest BCUT2D eigenvalue weighted by Crippen LogP contribution is -2.37. The Balaban J connectivity index is 1.86. The number of hydrogen-bond acceptors (Lipinski definition) is 7. The van der Waals surface area contributed by atoms with Gasteiger partial charge in [-0.3, -0.25) is 14.4 Å². The number of nitrogens with one attached hydrogen (secondary N) is 1. The number of Topliss-reactive ketones (excluding diaryl/α,β-unsaturated/α-hetero) is 1. The maximum atomic E-state index is 12.0. The van der Waals surface area contributed by atoms with Crippen molar-refractivity contribution >= 4 is 23.3 Å². The first-order valence-corrected chi connectivity index (χ1v) is 8.72. The molecule has 142 valence electrons. The molecule has 0 saturated heterocycles. The van der Waals surface area contributed by atoms with Crippen LogP contribution in [0.3, 0.4) is 0 Å². The Morgan fingerprint density at radius 3 is 2.54 bits per heavy atom. The maximum absolute atomic E-state index is 12.0. The lowest BCUT2D eigenvalue weighted by molar-refractivity contribution is -0.157. The third-order valence-corrected chi connectivity index (χ3v) is 4.52. The SMILES string of the molecule is CCOC(=O)C1(C)CCC(Oc2ccc(NC(=O)C(=O)CN)cn2)CC1. The zero-order valence-corrected chi connectivity index (χ0v) is 15.1. The first kappa shape index (κ1) is 19.8. The summed E-state index contributed by atoms with van der Waals surface area (Å²) in [5.74, 6) is -1.19. The molecule has 0 atom stereocenters. The van der Waals surface area contributed by atoms with Gasteiger partial charge in [0.15, 0.2) is 0 Å². The van der Waals surface area contributed by atoms with Gasteiger partial charge < -0.3 is 20.5 Å². The van der Waals surface area contributed by atoms with Crippen LogP contribution < -0.4 is 15.8 Å². The summed E-state index contributed by atoms with van der Waals surface area (Å²) in [6.07, 6.45) is 4.27. The Morgan fingerprint density at radius 1 is 1.31 bits per heavy atom. The van der Waals surface area contributed by atoms with E-state index in [1.165, 1.54) is 6.20 Å².